The molecule has 1 amide bonds. The van der Waals surface area contributed by atoms with E-state index in [1.165, 1.54) is 0 Å². The number of rotatable bonds is 5. The molecule has 0 fully saturated rings. The van der Waals surface area contributed by atoms with Crippen LogP contribution in [0.3, 0.4) is 0 Å². The maximum absolute atomic E-state index is 11.7. The molecule has 2 N–H and O–H groups in total. The Morgan fingerprint density at radius 3 is 2.59 bits per heavy atom. The third kappa shape index (κ3) is 4.15. The van der Waals surface area contributed by atoms with Crippen LogP contribution in [0.5, 0.6) is 0 Å². The standard InChI is InChI=1S/C13H20N2O2/c1-9(2)12-5-4-11(7-14-12)13(17)15-6-10(3)8-16/h4-5,7,9-10,16H,6,8H2,1-3H3,(H,15,17). The lowest BCUT2D eigenvalue weighted by atomic mass is 10.1. The predicted octanol–water partition coefficient (Wildman–Crippen LogP) is 1.56. The molecule has 0 radical (unpaired) electrons. The fourth-order valence-electron chi connectivity index (χ4n) is 1.31. The second-order valence-corrected chi connectivity index (χ2v) is 4.62. The van der Waals surface area contributed by atoms with E-state index >= 15 is 0 Å². The highest BCUT2D eigenvalue weighted by Crippen LogP contribution is 2.11. The Balaban J connectivity index is 2.58. The van der Waals surface area contributed by atoms with E-state index in [2.05, 4.69) is 24.1 Å². The molecule has 94 valence electrons. The number of aromatic nitrogens is 1. The van der Waals surface area contributed by atoms with Crippen molar-refractivity contribution < 1.29 is 9.90 Å². The number of hydrogen-bond acceptors (Lipinski definition) is 3. The molecule has 4 nitrogen and oxygen atoms in total. The highest BCUT2D eigenvalue weighted by Gasteiger charge is 2.08. The SMILES string of the molecule is CC(CO)CNC(=O)c1ccc(C(C)C)nc1. The van der Waals surface area contributed by atoms with Gasteiger partial charge in [-0.05, 0) is 24.0 Å². The molecule has 1 heterocycles. The highest BCUT2D eigenvalue weighted by molar-refractivity contribution is 5.93. The second kappa shape index (κ2) is 6.35. The summed E-state index contributed by atoms with van der Waals surface area (Å²) in [5.41, 5.74) is 1.53. The number of aliphatic hydroxyl groups excluding tert-OH is 1. The third-order valence-electron chi connectivity index (χ3n) is 2.56. The monoisotopic (exact) mass is 236 g/mol. The molecular formula is C13H20N2O2. The lowest BCUT2D eigenvalue weighted by molar-refractivity contribution is 0.0942. The fourth-order valence-corrected chi connectivity index (χ4v) is 1.31. The predicted molar refractivity (Wildman–Crippen MR) is 66.9 cm³/mol. The van der Waals surface area contributed by atoms with Gasteiger partial charge in [-0.15, -0.1) is 0 Å². The van der Waals surface area contributed by atoms with Crippen LogP contribution in [0, 0.1) is 5.92 Å². The summed E-state index contributed by atoms with van der Waals surface area (Å²) in [4.78, 5) is 15.9. The first-order valence-electron chi connectivity index (χ1n) is 5.89. The van der Waals surface area contributed by atoms with Gasteiger partial charge in [-0.25, -0.2) is 0 Å². The molecular weight excluding hydrogens is 216 g/mol. The van der Waals surface area contributed by atoms with Gasteiger partial charge in [0.25, 0.3) is 5.91 Å². The molecule has 0 saturated carbocycles. The zero-order valence-electron chi connectivity index (χ0n) is 10.6. The molecule has 1 aromatic rings. The summed E-state index contributed by atoms with van der Waals surface area (Å²) in [6.07, 6.45) is 1.59. The van der Waals surface area contributed by atoms with Crippen LogP contribution in [-0.4, -0.2) is 29.1 Å². The zero-order chi connectivity index (χ0) is 12.8. The first-order valence-corrected chi connectivity index (χ1v) is 5.89. The number of carbonyl (C=O) groups is 1. The first-order chi connectivity index (χ1) is 8.04. The molecule has 0 aliphatic heterocycles. The molecule has 0 aliphatic rings. The van der Waals surface area contributed by atoms with Crippen molar-refractivity contribution in [3.05, 3.63) is 29.6 Å². The van der Waals surface area contributed by atoms with Crippen molar-refractivity contribution >= 4 is 5.91 Å². The van der Waals surface area contributed by atoms with Crippen molar-refractivity contribution in [2.24, 2.45) is 5.92 Å². The van der Waals surface area contributed by atoms with Crippen LogP contribution in [0.4, 0.5) is 0 Å². The van der Waals surface area contributed by atoms with E-state index in [-0.39, 0.29) is 18.4 Å². The van der Waals surface area contributed by atoms with Crippen molar-refractivity contribution in [1.82, 2.24) is 10.3 Å². The third-order valence-corrected chi connectivity index (χ3v) is 2.56. The van der Waals surface area contributed by atoms with E-state index in [1.54, 1.807) is 12.3 Å². The molecule has 1 aromatic heterocycles. The van der Waals surface area contributed by atoms with Crippen molar-refractivity contribution in [1.29, 1.82) is 0 Å². The molecule has 1 atom stereocenters. The molecule has 0 aromatic carbocycles. The van der Waals surface area contributed by atoms with Crippen LogP contribution in [0.25, 0.3) is 0 Å². The van der Waals surface area contributed by atoms with Gasteiger partial charge >= 0.3 is 0 Å². The van der Waals surface area contributed by atoms with Crippen LogP contribution in [0.1, 0.15) is 42.7 Å². The average molecular weight is 236 g/mol. The number of amides is 1. The minimum Gasteiger partial charge on any atom is -0.396 e. The van der Waals surface area contributed by atoms with Crippen molar-refractivity contribution in [2.75, 3.05) is 13.2 Å². The number of nitrogens with one attached hydrogen (secondary N) is 1. The maximum Gasteiger partial charge on any atom is 0.252 e. The normalized spacial score (nSPS) is 12.5. The Morgan fingerprint density at radius 2 is 2.12 bits per heavy atom. The molecule has 17 heavy (non-hydrogen) atoms. The Bertz CT molecular complexity index is 360. The molecule has 0 aliphatic carbocycles. The summed E-state index contributed by atoms with van der Waals surface area (Å²) in [5, 5.41) is 11.6. The minimum atomic E-state index is -0.145. The van der Waals surface area contributed by atoms with Crippen LogP contribution >= 0.6 is 0 Å². The summed E-state index contributed by atoms with van der Waals surface area (Å²) >= 11 is 0. The number of nitrogens with zero attached hydrogens (tertiary/aromatic N) is 1. The van der Waals surface area contributed by atoms with Gasteiger partial charge in [-0.2, -0.15) is 0 Å². The molecule has 0 bridgehead atoms. The summed E-state index contributed by atoms with van der Waals surface area (Å²) < 4.78 is 0. The lowest BCUT2D eigenvalue weighted by Gasteiger charge is -2.10. The van der Waals surface area contributed by atoms with Gasteiger partial charge in [0.1, 0.15) is 0 Å². The summed E-state index contributed by atoms with van der Waals surface area (Å²) in [5.74, 6) is 0.288. The fraction of sp³-hybridized carbons (Fsp3) is 0.538. The van der Waals surface area contributed by atoms with E-state index in [0.29, 0.717) is 18.0 Å². The Morgan fingerprint density at radius 1 is 1.41 bits per heavy atom. The van der Waals surface area contributed by atoms with Crippen molar-refractivity contribution in [3.8, 4) is 0 Å². The Hall–Kier alpha value is -1.42. The first kappa shape index (κ1) is 13.6. The smallest absolute Gasteiger partial charge is 0.252 e. The van der Waals surface area contributed by atoms with Gasteiger partial charge in [0.05, 0.1) is 5.56 Å². The van der Waals surface area contributed by atoms with Crippen LogP contribution < -0.4 is 5.32 Å². The van der Waals surface area contributed by atoms with Crippen LogP contribution in [0.15, 0.2) is 18.3 Å². The maximum atomic E-state index is 11.7. The summed E-state index contributed by atoms with van der Waals surface area (Å²) in [6.45, 7) is 6.54. The van der Waals surface area contributed by atoms with Gasteiger partial charge in [0.15, 0.2) is 0 Å². The molecule has 1 unspecified atom stereocenters. The van der Waals surface area contributed by atoms with Gasteiger partial charge in [0.2, 0.25) is 0 Å². The number of pyridine rings is 1. The van der Waals surface area contributed by atoms with Gasteiger partial charge in [-0.1, -0.05) is 20.8 Å². The second-order valence-electron chi connectivity index (χ2n) is 4.62. The van der Waals surface area contributed by atoms with Crippen molar-refractivity contribution in [3.63, 3.8) is 0 Å². The van der Waals surface area contributed by atoms with Crippen LogP contribution in [0.2, 0.25) is 0 Å². The topological polar surface area (TPSA) is 62.2 Å². The Labute approximate surface area is 102 Å². The van der Waals surface area contributed by atoms with E-state index < -0.39 is 0 Å². The zero-order valence-corrected chi connectivity index (χ0v) is 10.6. The number of carbonyl (C=O) groups excluding carboxylic acids is 1. The van der Waals surface area contributed by atoms with E-state index in [9.17, 15) is 4.79 Å². The van der Waals surface area contributed by atoms with Crippen LogP contribution in [-0.2, 0) is 0 Å². The summed E-state index contributed by atoms with van der Waals surface area (Å²) in [6, 6.07) is 3.65. The van der Waals surface area contributed by atoms with E-state index in [0.717, 1.165) is 5.69 Å². The van der Waals surface area contributed by atoms with E-state index in [4.69, 9.17) is 5.11 Å². The largest absolute Gasteiger partial charge is 0.396 e. The van der Waals surface area contributed by atoms with Crippen molar-refractivity contribution in [2.45, 2.75) is 26.7 Å². The lowest BCUT2D eigenvalue weighted by Crippen LogP contribution is -2.29. The molecule has 0 spiro atoms. The Kier molecular flexibility index (Phi) is 5.10. The number of hydrogen-bond donors (Lipinski definition) is 2. The molecule has 4 heteroatoms. The van der Waals surface area contributed by atoms with E-state index in [1.807, 2.05) is 13.0 Å². The quantitative estimate of drug-likeness (QED) is 0.815. The molecule has 1 rings (SSSR count). The number of aliphatic hydroxyl groups is 1. The van der Waals surface area contributed by atoms with Gasteiger partial charge < -0.3 is 10.4 Å². The average Bonchev–Trinajstić information content (AvgIpc) is 2.35. The van der Waals surface area contributed by atoms with Gasteiger partial charge in [0, 0.05) is 25.0 Å². The highest BCUT2D eigenvalue weighted by atomic mass is 16.3. The minimum absolute atomic E-state index is 0.0712. The van der Waals surface area contributed by atoms with Gasteiger partial charge in [-0.3, -0.25) is 9.78 Å². The summed E-state index contributed by atoms with van der Waals surface area (Å²) in [7, 11) is 0. The molecule has 0 saturated heterocycles.